The minimum absolute atomic E-state index is 0.00592. The zero-order chi connectivity index (χ0) is 21.5. The van der Waals surface area contributed by atoms with Gasteiger partial charge in [0.05, 0.1) is 22.3 Å². The summed E-state index contributed by atoms with van der Waals surface area (Å²) in [4.78, 5) is 15.1. The SMILES string of the molecule is Nc1c(C(=O)N=Nc2c(O)[nH]c3ccccc23)cnn1-c1ccc(S(N)(=O)=O)cc1. The number of nitrogens with two attached hydrogens (primary N) is 2. The maximum Gasteiger partial charge on any atom is 0.300 e. The molecule has 30 heavy (non-hydrogen) atoms. The standard InChI is InChI=1S/C18H15N7O4S/c19-16-13(9-21-25(16)10-5-7-11(8-6-10)30(20,28)29)17(26)24-23-15-12-3-1-2-4-14(12)22-18(15)27/h1-9,22,27H,19H2,(H2,20,28,29). The number of aromatic nitrogens is 3. The number of H-pyrrole nitrogens is 1. The molecule has 0 aliphatic heterocycles. The lowest BCUT2D eigenvalue weighted by molar-refractivity contribution is 0.0996. The van der Waals surface area contributed by atoms with Gasteiger partial charge in [-0.15, -0.1) is 10.2 Å². The first-order chi connectivity index (χ1) is 14.3. The van der Waals surface area contributed by atoms with Crippen molar-refractivity contribution < 1.29 is 18.3 Å². The van der Waals surface area contributed by atoms with Crippen molar-refractivity contribution in [2.45, 2.75) is 4.90 Å². The van der Waals surface area contributed by atoms with Gasteiger partial charge in [0.1, 0.15) is 11.4 Å². The maximum atomic E-state index is 12.5. The van der Waals surface area contributed by atoms with E-state index in [9.17, 15) is 18.3 Å². The van der Waals surface area contributed by atoms with Crippen LogP contribution in [-0.2, 0) is 10.0 Å². The third-order valence-corrected chi connectivity index (χ3v) is 5.28. The van der Waals surface area contributed by atoms with Gasteiger partial charge in [0.2, 0.25) is 15.9 Å². The van der Waals surface area contributed by atoms with E-state index in [1.165, 1.54) is 35.1 Å². The average Bonchev–Trinajstić information content (AvgIpc) is 3.25. The molecule has 4 rings (SSSR count). The number of sulfonamides is 1. The number of nitrogens with zero attached hydrogens (tertiary/aromatic N) is 4. The number of aromatic amines is 1. The number of anilines is 1. The Kier molecular flexibility index (Phi) is 4.56. The van der Waals surface area contributed by atoms with Crippen molar-refractivity contribution in [3.05, 3.63) is 60.3 Å². The van der Waals surface area contributed by atoms with E-state index in [0.717, 1.165) is 0 Å². The number of primary sulfonamides is 1. The highest BCUT2D eigenvalue weighted by Crippen LogP contribution is 2.35. The first kappa shape index (κ1) is 19.3. The van der Waals surface area contributed by atoms with E-state index in [4.69, 9.17) is 10.9 Å². The Labute approximate surface area is 169 Å². The summed E-state index contributed by atoms with van der Waals surface area (Å²) in [6, 6.07) is 12.5. The lowest BCUT2D eigenvalue weighted by Gasteiger charge is -2.05. The zero-order valence-electron chi connectivity index (χ0n) is 15.2. The fourth-order valence-electron chi connectivity index (χ4n) is 2.87. The number of nitrogen functional groups attached to an aromatic ring is 1. The van der Waals surface area contributed by atoms with Crippen LogP contribution < -0.4 is 10.9 Å². The second-order valence-corrected chi connectivity index (χ2v) is 7.83. The molecule has 0 aliphatic carbocycles. The number of amides is 1. The molecule has 1 amide bonds. The van der Waals surface area contributed by atoms with Gasteiger partial charge in [0, 0.05) is 5.39 Å². The van der Waals surface area contributed by atoms with Crippen molar-refractivity contribution in [1.82, 2.24) is 14.8 Å². The molecule has 0 saturated heterocycles. The minimum Gasteiger partial charge on any atom is -0.493 e. The van der Waals surface area contributed by atoms with Gasteiger partial charge >= 0.3 is 5.91 Å². The third-order valence-electron chi connectivity index (χ3n) is 4.35. The molecule has 2 heterocycles. The van der Waals surface area contributed by atoms with Crippen LogP contribution in [0, 0.1) is 0 Å². The van der Waals surface area contributed by atoms with Gasteiger partial charge in [0.25, 0.3) is 0 Å². The quantitative estimate of drug-likeness (QED) is 0.363. The van der Waals surface area contributed by atoms with Gasteiger partial charge in [0.15, 0.2) is 5.69 Å². The van der Waals surface area contributed by atoms with Crippen LogP contribution in [0.4, 0.5) is 11.5 Å². The van der Waals surface area contributed by atoms with Gasteiger partial charge in [-0.3, -0.25) is 4.79 Å². The number of carbonyl (C=O) groups excluding carboxylic acids is 1. The molecule has 0 saturated carbocycles. The smallest absolute Gasteiger partial charge is 0.300 e. The van der Waals surface area contributed by atoms with Gasteiger partial charge < -0.3 is 15.8 Å². The fraction of sp³-hybridized carbons (Fsp3) is 0. The van der Waals surface area contributed by atoms with Gasteiger partial charge in [-0.2, -0.15) is 5.10 Å². The Morgan fingerprint density at radius 3 is 2.53 bits per heavy atom. The topological polar surface area (TPSA) is 182 Å². The lowest BCUT2D eigenvalue weighted by atomic mass is 10.2. The Balaban J connectivity index is 1.62. The molecule has 0 unspecified atom stereocenters. The number of aromatic hydroxyl groups is 1. The monoisotopic (exact) mass is 425 g/mol. The number of fused-ring (bicyclic) bond motifs is 1. The molecule has 0 spiro atoms. The van der Waals surface area contributed by atoms with E-state index in [1.54, 1.807) is 24.3 Å². The number of hydrogen-bond donors (Lipinski definition) is 4. The van der Waals surface area contributed by atoms with Crippen molar-refractivity contribution in [3.63, 3.8) is 0 Å². The molecule has 12 heteroatoms. The number of para-hydroxylation sites is 1. The Morgan fingerprint density at radius 1 is 1.13 bits per heavy atom. The molecule has 4 aromatic rings. The predicted octanol–water partition coefficient (Wildman–Crippen LogP) is 2.21. The normalized spacial score (nSPS) is 12.0. The van der Waals surface area contributed by atoms with Gasteiger partial charge in [-0.1, -0.05) is 18.2 Å². The van der Waals surface area contributed by atoms with Crippen molar-refractivity contribution in [1.29, 1.82) is 0 Å². The molecule has 6 N–H and O–H groups in total. The van der Waals surface area contributed by atoms with Gasteiger partial charge in [-0.05, 0) is 30.3 Å². The van der Waals surface area contributed by atoms with E-state index in [0.29, 0.717) is 16.6 Å². The summed E-state index contributed by atoms with van der Waals surface area (Å²) in [5, 5.41) is 27.2. The molecule has 0 bridgehead atoms. The third kappa shape index (κ3) is 3.40. The molecule has 0 aliphatic rings. The number of benzene rings is 2. The molecule has 0 atom stereocenters. The van der Waals surface area contributed by atoms with E-state index in [2.05, 4.69) is 20.3 Å². The molecular weight excluding hydrogens is 410 g/mol. The van der Waals surface area contributed by atoms with Crippen molar-refractivity contribution in [2.75, 3.05) is 5.73 Å². The lowest BCUT2D eigenvalue weighted by Crippen LogP contribution is -2.12. The van der Waals surface area contributed by atoms with Crippen LogP contribution in [0.25, 0.3) is 16.6 Å². The molecule has 0 fully saturated rings. The summed E-state index contributed by atoms with van der Waals surface area (Å²) in [6.07, 6.45) is 1.22. The summed E-state index contributed by atoms with van der Waals surface area (Å²) in [6.45, 7) is 0. The number of azo groups is 1. The van der Waals surface area contributed by atoms with E-state index >= 15 is 0 Å². The number of nitrogens with one attached hydrogen (secondary N) is 1. The van der Waals surface area contributed by atoms with Crippen LogP contribution in [0.5, 0.6) is 5.88 Å². The molecule has 2 aromatic heterocycles. The Bertz CT molecular complexity index is 1400. The number of rotatable bonds is 4. The largest absolute Gasteiger partial charge is 0.493 e. The summed E-state index contributed by atoms with van der Waals surface area (Å²) < 4.78 is 24.0. The van der Waals surface area contributed by atoms with E-state index < -0.39 is 15.9 Å². The van der Waals surface area contributed by atoms with Crippen LogP contribution in [0.1, 0.15) is 10.4 Å². The van der Waals surface area contributed by atoms with Crippen LogP contribution in [0.3, 0.4) is 0 Å². The van der Waals surface area contributed by atoms with E-state index in [-0.39, 0.29) is 27.8 Å². The maximum absolute atomic E-state index is 12.5. The number of hydrogen-bond acceptors (Lipinski definition) is 7. The van der Waals surface area contributed by atoms with Crippen LogP contribution in [-0.4, -0.2) is 34.2 Å². The molecule has 11 nitrogen and oxygen atoms in total. The van der Waals surface area contributed by atoms with Crippen molar-refractivity contribution >= 4 is 38.3 Å². The summed E-state index contributed by atoms with van der Waals surface area (Å²) in [5.41, 5.74) is 7.20. The summed E-state index contributed by atoms with van der Waals surface area (Å²) in [7, 11) is -3.83. The van der Waals surface area contributed by atoms with Crippen LogP contribution in [0.2, 0.25) is 0 Å². The predicted molar refractivity (Wildman–Crippen MR) is 108 cm³/mol. The van der Waals surface area contributed by atoms with E-state index in [1.807, 2.05) is 0 Å². The van der Waals surface area contributed by atoms with Crippen molar-refractivity contribution in [3.8, 4) is 11.6 Å². The molecular formula is C18H15N7O4S. The summed E-state index contributed by atoms with van der Waals surface area (Å²) in [5.74, 6) is -0.985. The highest BCUT2D eigenvalue weighted by molar-refractivity contribution is 7.89. The van der Waals surface area contributed by atoms with Crippen molar-refractivity contribution in [2.24, 2.45) is 15.4 Å². The fourth-order valence-corrected chi connectivity index (χ4v) is 3.38. The van der Waals surface area contributed by atoms with Gasteiger partial charge in [-0.25, -0.2) is 18.2 Å². The van der Waals surface area contributed by atoms with Crippen LogP contribution >= 0.6 is 0 Å². The first-order valence-corrected chi connectivity index (χ1v) is 10.0. The molecule has 2 aromatic carbocycles. The second kappa shape index (κ2) is 7.09. The zero-order valence-corrected chi connectivity index (χ0v) is 16.0. The highest BCUT2D eigenvalue weighted by atomic mass is 32.2. The minimum atomic E-state index is -3.83. The molecule has 0 radical (unpaired) electrons. The second-order valence-electron chi connectivity index (χ2n) is 6.27. The first-order valence-electron chi connectivity index (χ1n) is 8.48. The molecule has 152 valence electrons. The highest BCUT2D eigenvalue weighted by Gasteiger charge is 2.17. The summed E-state index contributed by atoms with van der Waals surface area (Å²) >= 11 is 0. The number of carbonyl (C=O) groups is 1. The Hall–Kier alpha value is -4.03. The Morgan fingerprint density at radius 2 is 1.83 bits per heavy atom. The van der Waals surface area contributed by atoms with Crippen LogP contribution in [0.15, 0.2) is 69.9 Å². The average molecular weight is 425 g/mol.